The number of nitrogens with zero attached hydrogens (tertiary/aromatic N) is 4. The topological polar surface area (TPSA) is 131 Å². The molecular formula is C25H24N6O4. The zero-order valence-corrected chi connectivity index (χ0v) is 19.4. The number of ether oxygens (including phenoxy) is 1. The average molecular weight is 473 g/mol. The van der Waals surface area contributed by atoms with Crippen molar-refractivity contribution >= 4 is 17.5 Å². The van der Waals surface area contributed by atoms with Crippen molar-refractivity contribution in [1.82, 2.24) is 25.5 Å². The normalized spacial score (nSPS) is 11.5. The van der Waals surface area contributed by atoms with Gasteiger partial charge >= 0.3 is 0 Å². The molecule has 0 saturated carbocycles. The Labute approximate surface area is 201 Å². The Hall–Kier alpha value is -4.73. The van der Waals surface area contributed by atoms with E-state index in [9.17, 15) is 14.7 Å². The van der Waals surface area contributed by atoms with Crippen molar-refractivity contribution in [3.8, 4) is 17.2 Å². The molecule has 0 aliphatic heterocycles. The van der Waals surface area contributed by atoms with Crippen molar-refractivity contribution in [2.45, 2.75) is 19.9 Å². The van der Waals surface area contributed by atoms with E-state index in [2.05, 4.69) is 26.2 Å². The van der Waals surface area contributed by atoms with Gasteiger partial charge in [-0.2, -0.15) is 0 Å². The fourth-order valence-corrected chi connectivity index (χ4v) is 3.64. The highest BCUT2D eigenvalue weighted by molar-refractivity contribution is 6.02. The minimum Gasteiger partial charge on any atom is -0.504 e. The summed E-state index contributed by atoms with van der Waals surface area (Å²) in [4.78, 5) is 26.5. The number of nitrogens with one attached hydrogen (secondary N) is 2. The number of aromatic hydroxyl groups is 1. The molecule has 1 atom stereocenters. The summed E-state index contributed by atoms with van der Waals surface area (Å²) in [5.74, 6) is -0.780. The second kappa shape index (κ2) is 10.0. The first-order chi connectivity index (χ1) is 16.9. The van der Waals surface area contributed by atoms with Crippen LogP contribution in [-0.2, 0) is 4.79 Å². The highest BCUT2D eigenvalue weighted by atomic mass is 16.5. The van der Waals surface area contributed by atoms with Crippen LogP contribution in [0.25, 0.3) is 5.69 Å². The lowest BCUT2D eigenvalue weighted by molar-refractivity contribution is -0.118. The van der Waals surface area contributed by atoms with Crippen molar-refractivity contribution in [3.05, 3.63) is 89.2 Å². The minimum absolute atomic E-state index is 0.0744. The highest BCUT2D eigenvalue weighted by Crippen LogP contribution is 2.30. The minimum atomic E-state index is -1.06. The molecule has 1 aromatic heterocycles. The standard InChI is InChI=1S/C25H24N6O4/c1-15-5-4-6-16(2)22(15)27-25(34)23(18-9-12-20(32)21(13-18)35-3)28-24(33)17-7-10-19(11-8-17)31-14-26-29-30-31/h4-14,23,32H,1-3H3,(H,27,34)(H,28,33)/t23-/m1/s1. The van der Waals surface area contributed by atoms with Gasteiger partial charge in [0, 0.05) is 11.3 Å². The number of anilines is 1. The van der Waals surface area contributed by atoms with E-state index >= 15 is 0 Å². The average Bonchev–Trinajstić information content (AvgIpc) is 3.40. The molecule has 0 aliphatic carbocycles. The molecule has 0 unspecified atom stereocenters. The Morgan fingerprint density at radius 3 is 2.37 bits per heavy atom. The van der Waals surface area contributed by atoms with Gasteiger partial charge in [0.1, 0.15) is 12.4 Å². The monoisotopic (exact) mass is 472 g/mol. The summed E-state index contributed by atoms with van der Waals surface area (Å²) in [5, 5.41) is 26.7. The van der Waals surface area contributed by atoms with E-state index < -0.39 is 17.9 Å². The summed E-state index contributed by atoms with van der Waals surface area (Å²) in [6, 6.07) is 15.8. The molecular weight excluding hydrogens is 448 g/mol. The van der Waals surface area contributed by atoms with Crippen molar-refractivity contribution in [1.29, 1.82) is 0 Å². The molecule has 10 nitrogen and oxygen atoms in total. The van der Waals surface area contributed by atoms with Gasteiger partial charge < -0.3 is 20.5 Å². The number of carbonyl (C=O) groups excluding carboxylic acids is 2. The maximum Gasteiger partial charge on any atom is 0.252 e. The van der Waals surface area contributed by atoms with E-state index in [0.717, 1.165) is 11.1 Å². The molecule has 10 heteroatoms. The lowest BCUT2D eigenvalue weighted by atomic mass is 10.0. The molecule has 0 saturated heterocycles. The lowest BCUT2D eigenvalue weighted by Gasteiger charge is -2.21. The second-order valence-corrected chi connectivity index (χ2v) is 7.90. The van der Waals surface area contributed by atoms with Gasteiger partial charge in [0.15, 0.2) is 11.5 Å². The Morgan fingerprint density at radius 1 is 1.03 bits per heavy atom. The summed E-state index contributed by atoms with van der Waals surface area (Å²) in [5.41, 5.74) is 3.93. The van der Waals surface area contributed by atoms with Crippen LogP contribution in [0.1, 0.15) is 33.1 Å². The fraction of sp³-hybridized carbons (Fsp3) is 0.160. The molecule has 4 aromatic rings. The van der Waals surface area contributed by atoms with Crippen molar-refractivity contribution in [3.63, 3.8) is 0 Å². The zero-order chi connectivity index (χ0) is 24.9. The van der Waals surface area contributed by atoms with Gasteiger partial charge in [-0.15, -0.1) is 5.10 Å². The van der Waals surface area contributed by atoms with Gasteiger partial charge in [-0.3, -0.25) is 9.59 Å². The third-order valence-electron chi connectivity index (χ3n) is 5.55. The molecule has 0 radical (unpaired) electrons. The molecule has 3 aromatic carbocycles. The predicted molar refractivity (Wildman–Crippen MR) is 129 cm³/mol. The van der Waals surface area contributed by atoms with E-state index in [1.807, 2.05) is 32.0 Å². The number of hydrogen-bond acceptors (Lipinski definition) is 7. The van der Waals surface area contributed by atoms with Crippen LogP contribution in [0.2, 0.25) is 0 Å². The van der Waals surface area contributed by atoms with Crippen LogP contribution in [0.15, 0.2) is 67.0 Å². The number of aryl methyl sites for hydroxylation is 2. The number of phenols is 1. The largest absolute Gasteiger partial charge is 0.504 e. The van der Waals surface area contributed by atoms with Crippen LogP contribution < -0.4 is 15.4 Å². The first-order valence-electron chi connectivity index (χ1n) is 10.8. The molecule has 0 spiro atoms. The van der Waals surface area contributed by atoms with Gasteiger partial charge in [0.25, 0.3) is 11.8 Å². The maximum absolute atomic E-state index is 13.4. The SMILES string of the molecule is COc1cc([C@@H](NC(=O)c2ccc(-n3cnnn3)cc2)C(=O)Nc2c(C)cccc2C)ccc1O. The summed E-state index contributed by atoms with van der Waals surface area (Å²) >= 11 is 0. The quantitative estimate of drug-likeness (QED) is 0.377. The number of benzene rings is 3. The molecule has 0 aliphatic rings. The van der Waals surface area contributed by atoms with Crippen LogP contribution in [0, 0.1) is 13.8 Å². The van der Waals surface area contributed by atoms with E-state index in [4.69, 9.17) is 4.74 Å². The Morgan fingerprint density at radius 2 is 1.74 bits per heavy atom. The zero-order valence-electron chi connectivity index (χ0n) is 19.4. The number of tetrazole rings is 1. The van der Waals surface area contributed by atoms with E-state index in [0.29, 0.717) is 22.5 Å². The molecule has 0 bridgehead atoms. The molecule has 2 amide bonds. The van der Waals surface area contributed by atoms with Crippen LogP contribution >= 0.6 is 0 Å². The molecule has 0 fully saturated rings. The number of hydrogen-bond donors (Lipinski definition) is 3. The smallest absolute Gasteiger partial charge is 0.252 e. The molecule has 178 valence electrons. The summed E-state index contributed by atoms with van der Waals surface area (Å²) in [6.07, 6.45) is 1.45. The van der Waals surface area contributed by atoms with Gasteiger partial charge in [0.2, 0.25) is 0 Å². The number of phenolic OH excluding ortho intramolecular Hbond substituents is 1. The number of carbonyl (C=O) groups is 2. The Kier molecular flexibility index (Phi) is 6.72. The molecule has 4 rings (SSSR count). The van der Waals surface area contributed by atoms with Crippen LogP contribution in [0.4, 0.5) is 5.69 Å². The second-order valence-electron chi connectivity index (χ2n) is 7.90. The molecule has 1 heterocycles. The lowest BCUT2D eigenvalue weighted by Crippen LogP contribution is -2.37. The van der Waals surface area contributed by atoms with Gasteiger partial charge in [-0.1, -0.05) is 24.3 Å². The predicted octanol–water partition coefficient (Wildman–Crippen LogP) is 3.10. The number of para-hydroxylation sites is 1. The third-order valence-corrected chi connectivity index (χ3v) is 5.55. The third kappa shape index (κ3) is 5.11. The number of methoxy groups -OCH3 is 1. The number of amides is 2. The maximum atomic E-state index is 13.4. The fourth-order valence-electron chi connectivity index (χ4n) is 3.64. The summed E-state index contributed by atoms with van der Waals surface area (Å²) in [7, 11) is 1.41. The summed E-state index contributed by atoms with van der Waals surface area (Å²) in [6.45, 7) is 3.79. The van der Waals surface area contributed by atoms with Crippen molar-refractivity contribution in [2.24, 2.45) is 0 Å². The number of aromatic nitrogens is 4. The van der Waals surface area contributed by atoms with Crippen LogP contribution in [0.5, 0.6) is 11.5 Å². The molecule has 3 N–H and O–H groups in total. The highest BCUT2D eigenvalue weighted by Gasteiger charge is 2.25. The molecule has 35 heavy (non-hydrogen) atoms. The Balaban J connectivity index is 1.63. The van der Waals surface area contributed by atoms with E-state index in [1.165, 1.54) is 30.3 Å². The van der Waals surface area contributed by atoms with Crippen molar-refractivity contribution < 1.29 is 19.4 Å². The first kappa shape index (κ1) is 23.4. The van der Waals surface area contributed by atoms with Gasteiger partial charge in [-0.25, -0.2) is 4.68 Å². The van der Waals surface area contributed by atoms with Gasteiger partial charge in [0.05, 0.1) is 12.8 Å². The van der Waals surface area contributed by atoms with Crippen LogP contribution in [0.3, 0.4) is 0 Å². The van der Waals surface area contributed by atoms with Crippen LogP contribution in [-0.4, -0.2) is 44.2 Å². The van der Waals surface area contributed by atoms with Crippen molar-refractivity contribution in [2.75, 3.05) is 12.4 Å². The van der Waals surface area contributed by atoms with E-state index in [-0.39, 0.29) is 11.5 Å². The van der Waals surface area contributed by atoms with Gasteiger partial charge in [-0.05, 0) is 77.4 Å². The first-order valence-corrected chi connectivity index (χ1v) is 10.8. The van der Waals surface area contributed by atoms with E-state index in [1.54, 1.807) is 30.3 Å². The Bertz CT molecular complexity index is 1330. The summed E-state index contributed by atoms with van der Waals surface area (Å²) < 4.78 is 6.66. The number of rotatable bonds is 7.